The van der Waals surface area contributed by atoms with E-state index >= 15 is 0 Å². The summed E-state index contributed by atoms with van der Waals surface area (Å²) in [6, 6.07) is 8.39. The number of ether oxygens (including phenoxy) is 1. The van der Waals surface area contributed by atoms with Gasteiger partial charge in [0, 0.05) is 11.7 Å². The zero-order chi connectivity index (χ0) is 13.1. The van der Waals surface area contributed by atoms with Crippen molar-refractivity contribution in [2.24, 2.45) is 0 Å². The summed E-state index contributed by atoms with van der Waals surface area (Å²) in [6.45, 7) is 1.70. The highest BCUT2D eigenvalue weighted by Gasteiger charge is 2.25. The van der Waals surface area contributed by atoms with Crippen molar-refractivity contribution in [3.63, 3.8) is 0 Å². The highest BCUT2D eigenvalue weighted by Crippen LogP contribution is 2.23. The Labute approximate surface area is 113 Å². The maximum atomic E-state index is 12.1. The van der Waals surface area contributed by atoms with Gasteiger partial charge in [-0.05, 0) is 43.9 Å². The molecule has 0 bridgehead atoms. The second-order valence-corrected chi connectivity index (χ2v) is 5.30. The molecular formula is C15H20N2O2. The van der Waals surface area contributed by atoms with Crippen LogP contribution in [0.15, 0.2) is 24.3 Å². The molecule has 1 fully saturated rings. The molecule has 0 aromatic heterocycles. The third-order valence-electron chi connectivity index (χ3n) is 3.90. The number of amides is 1. The van der Waals surface area contributed by atoms with Crippen LogP contribution in [0.4, 0.5) is 5.69 Å². The smallest absolute Gasteiger partial charge is 0.253 e. The van der Waals surface area contributed by atoms with Gasteiger partial charge in [-0.15, -0.1) is 0 Å². The normalized spacial score (nSPS) is 26.6. The predicted molar refractivity (Wildman–Crippen MR) is 74.2 cm³/mol. The van der Waals surface area contributed by atoms with Gasteiger partial charge in [-0.3, -0.25) is 4.79 Å². The lowest BCUT2D eigenvalue weighted by Gasteiger charge is -2.17. The van der Waals surface area contributed by atoms with Gasteiger partial charge in [0.25, 0.3) is 5.91 Å². The average Bonchev–Trinajstić information content (AvgIpc) is 2.88. The molecule has 2 aliphatic heterocycles. The number of carbonyl (C=O) groups excluding carboxylic acids is 1. The molecule has 2 aliphatic rings. The zero-order valence-electron chi connectivity index (χ0n) is 11.0. The van der Waals surface area contributed by atoms with E-state index in [-0.39, 0.29) is 12.0 Å². The third-order valence-corrected chi connectivity index (χ3v) is 3.90. The summed E-state index contributed by atoms with van der Waals surface area (Å²) in [6.07, 6.45) is 3.67. The number of nitrogens with one attached hydrogen (secondary N) is 2. The molecule has 0 aliphatic carbocycles. The fourth-order valence-electron chi connectivity index (χ4n) is 2.78. The molecule has 1 aromatic rings. The van der Waals surface area contributed by atoms with Gasteiger partial charge >= 0.3 is 0 Å². The Morgan fingerprint density at radius 1 is 1.26 bits per heavy atom. The molecule has 19 heavy (non-hydrogen) atoms. The van der Waals surface area contributed by atoms with Gasteiger partial charge in [-0.2, -0.15) is 0 Å². The third kappa shape index (κ3) is 2.96. The molecule has 1 saturated heterocycles. The van der Waals surface area contributed by atoms with Crippen LogP contribution in [-0.2, 0) is 16.0 Å². The zero-order valence-corrected chi connectivity index (χ0v) is 11.0. The molecule has 2 unspecified atom stereocenters. The summed E-state index contributed by atoms with van der Waals surface area (Å²) in [5.41, 5.74) is 2.12. The number of fused-ring (bicyclic) bond motifs is 1. The number of aryl methyl sites for hydroxylation is 1. The summed E-state index contributed by atoms with van der Waals surface area (Å²) in [4.78, 5) is 12.1. The molecule has 102 valence electrons. The fraction of sp³-hybridized carbons (Fsp3) is 0.533. The minimum Gasteiger partial charge on any atom is -0.367 e. The van der Waals surface area contributed by atoms with Crippen molar-refractivity contribution in [1.29, 1.82) is 0 Å². The molecule has 2 N–H and O–H groups in total. The highest BCUT2D eigenvalue weighted by molar-refractivity contribution is 5.95. The van der Waals surface area contributed by atoms with Crippen LogP contribution in [-0.4, -0.2) is 31.2 Å². The number of anilines is 1. The van der Waals surface area contributed by atoms with Gasteiger partial charge in [0.05, 0.1) is 6.61 Å². The summed E-state index contributed by atoms with van der Waals surface area (Å²) in [7, 11) is 0. The van der Waals surface area contributed by atoms with Crippen LogP contribution in [0.5, 0.6) is 0 Å². The van der Waals surface area contributed by atoms with Crippen LogP contribution in [0, 0.1) is 0 Å². The minimum atomic E-state index is -0.324. The first-order chi connectivity index (χ1) is 9.33. The Balaban J connectivity index is 1.60. The van der Waals surface area contributed by atoms with Crippen molar-refractivity contribution in [3.05, 3.63) is 29.8 Å². The first-order valence-electron chi connectivity index (χ1n) is 7.07. The maximum absolute atomic E-state index is 12.1. The number of para-hydroxylation sites is 1. The van der Waals surface area contributed by atoms with Gasteiger partial charge in [0.2, 0.25) is 0 Å². The number of rotatable bonds is 3. The summed E-state index contributed by atoms with van der Waals surface area (Å²) < 4.78 is 5.82. The fourth-order valence-corrected chi connectivity index (χ4v) is 2.78. The molecule has 1 aromatic carbocycles. The van der Waals surface area contributed by atoms with Crippen molar-refractivity contribution in [2.75, 3.05) is 18.5 Å². The second kappa shape index (κ2) is 5.72. The predicted octanol–water partition coefficient (Wildman–Crippen LogP) is 1.71. The van der Waals surface area contributed by atoms with E-state index in [1.807, 2.05) is 18.2 Å². The van der Waals surface area contributed by atoms with E-state index in [0.29, 0.717) is 12.6 Å². The van der Waals surface area contributed by atoms with Crippen LogP contribution >= 0.6 is 0 Å². The molecule has 2 heterocycles. The van der Waals surface area contributed by atoms with Gasteiger partial charge < -0.3 is 15.4 Å². The first kappa shape index (κ1) is 12.6. The Hall–Kier alpha value is -1.39. The van der Waals surface area contributed by atoms with Crippen LogP contribution < -0.4 is 10.6 Å². The van der Waals surface area contributed by atoms with Crippen molar-refractivity contribution < 1.29 is 9.53 Å². The lowest BCUT2D eigenvalue weighted by atomic mass is 10.1. The number of carbonyl (C=O) groups is 1. The van der Waals surface area contributed by atoms with Gasteiger partial charge in [-0.1, -0.05) is 18.2 Å². The summed E-state index contributed by atoms with van der Waals surface area (Å²) in [5, 5.41) is 6.35. The topological polar surface area (TPSA) is 50.4 Å². The molecule has 4 heteroatoms. The summed E-state index contributed by atoms with van der Waals surface area (Å²) in [5.74, 6) is -0.0112. The van der Waals surface area contributed by atoms with E-state index in [4.69, 9.17) is 4.74 Å². The molecule has 1 amide bonds. The van der Waals surface area contributed by atoms with Crippen molar-refractivity contribution >= 4 is 11.6 Å². The molecule has 4 nitrogen and oxygen atoms in total. The molecule has 3 rings (SSSR count). The average molecular weight is 260 g/mol. The largest absolute Gasteiger partial charge is 0.367 e. The minimum absolute atomic E-state index is 0.0112. The Morgan fingerprint density at radius 2 is 2.16 bits per heavy atom. The summed E-state index contributed by atoms with van der Waals surface area (Å²) >= 11 is 0. The van der Waals surface area contributed by atoms with E-state index in [1.165, 1.54) is 12.0 Å². The lowest BCUT2D eigenvalue weighted by molar-refractivity contribution is -0.128. The second-order valence-electron chi connectivity index (χ2n) is 5.30. The molecule has 0 radical (unpaired) electrons. The van der Waals surface area contributed by atoms with Crippen LogP contribution in [0.25, 0.3) is 0 Å². The Bertz CT molecular complexity index is 455. The monoisotopic (exact) mass is 260 g/mol. The maximum Gasteiger partial charge on any atom is 0.253 e. The quantitative estimate of drug-likeness (QED) is 0.870. The first-order valence-corrected chi connectivity index (χ1v) is 7.07. The Morgan fingerprint density at radius 3 is 3.00 bits per heavy atom. The molecule has 0 saturated carbocycles. The number of hydrogen-bond donors (Lipinski definition) is 2. The van der Waals surface area contributed by atoms with E-state index in [0.717, 1.165) is 31.5 Å². The number of benzene rings is 1. The van der Waals surface area contributed by atoms with Gasteiger partial charge in [0.1, 0.15) is 6.10 Å². The van der Waals surface area contributed by atoms with Crippen molar-refractivity contribution in [2.45, 2.75) is 37.8 Å². The van der Waals surface area contributed by atoms with E-state index < -0.39 is 0 Å². The van der Waals surface area contributed by atoms with Gasteiger partial charge in [-0.25, -0.2) is 0 Å². The molecular weight excluding hydrogens is 240 g/mol. The molecule has 2 atom stereocenters. The standard InChI is InChI=1S/C15H20N2O2/c18-15-14(19-10-12-5-3-9-16-12)8-7-11-4-1-2-6-13(11)17-15/h1-2,4,6,12,14,16H,3,5,7-10H2,(H,17,18). The number of hydrogen-bond acceptors (Lipinski definition) is 3. The van der Waals surface area contributed by atoms with Crippen LogP contribution in [0.2, 0.25) is 0 Å². The SMILES string of the molecule is O=C1Nc2ccccc2CCC1OCC1CCCN1. The molecule has 0 spiro atoms. The van der Waals surface area contributed by atoms with E-state index in [2.05, 4.69) is 16.7 Å². The lowest BCUT2D eigenvalue weighted by Crippen LogP contribution is -2.34. The van der Waals surface area contributed by atoms with Crippen molar-refractivity contribution in [1.82, 2.24) is 5.32 Å². The highest BCUT2D eigenvalue weighted by atomic mass is 16.5. The van der Waals surface area contributed by atoms with Crippen LogP contribution in [0.3, 0.4) is 0 Å². The van der Waals surface area contributed by atoms with E-state index in [1.54, 1.807) is 0 Å². The Kier molecular flexibility index (Phi) is 3.80. The van der Waals surface area contributed by atoms with Gasteiger partial charge in [0.15, 0.2) is 0 Å². The van der Waals surface area contributed by atoms with E-state index in [9.17, 15) is 4.79 Å². The van der Waals surface area contributed by atoms with Crippen LogP contribution in [0.1, 0.15) is 24.8 Å². The van der Waals surface area contributed by atoms with Crippen molar-refractivity contribution in [3.8, 4) is 0 Å².